The lowest BCUT2D eigenvalue weighted by Gasteiger charge is -2.23. The summed E-state index contributed by atoms with van der Waals surface area (Å²) in [6.07, 6.45) is 3.00. The summed E-state index contributed by atoms with van der Waals surface area (Å²) in [5, 5.41) is 1.13. The zero-order chi connectivity index (χ0) is 18.5. The Bertz CT molecular complexity index is 816. The van der Waals surface area contributed by atoms with Gasteiger partial charge in [-0.2, -0.15) is 4.31 Å². The molecule has 0 fully saturated rings. The highest BCUT2D eigenvalue weighted by Crippen LogP contribution is 2.19. The minimum Gasteiger partial charge on any atom is -0.468 e. The van der Waals surface area contributed by atoms with Crippen molar-refractivity contribution in [2.45, 2.75) is 27.3 Å². The van der Waals surface area contributed by atoms with Gasteiger partial charge in [0.1, 0.15) is 5.76 Å². The lowest BCUT2D eigenvalue weighted by Crippen LogP contribution is -2.38. The minimum absolute atomic E-state index is 0.0102. The molecule has 5 nitrogen and oxygen atoms in total. The van der Waals surface area contributed by atoms with Crippen LogP contribution in [0.1, 0.15) is 32.1 Å². The Kier molecular flexibility index (Phi) is 5.98. The van der Waals surface area contributed by atoms with E-state index < -0.39 is 15.4 Å². The fourth-order valence-electron chi connectivity index (χ4n) is 2.02. The van der Waals surface area contributed by atoms with E-state index in [9.17, 15) is 13.2 Å². The molecule has 25 heavy (non-hydrogen) atoms. The smallest absolute Gasteiger partial charge is 0.237 e. The second kappa shape index (κ2) is 7.80. The van der Waals surface area contributed by atoms with Crippen LogP contribution in [0.2, 0.25) is 0 Å². The molecule has 134 valence electrons. The maximum atomic E-state index is 12.7. The highest BCUT2D eigenvalue weighted by Gasteiger charge is 2.29. The topological polar surface area (TPSA) is 67.6 Å². The third-order valence-corrected chi connectivity index (χ3v) is 5.12. The van der Waals surface area contributed by atoms with Gasteiger partial charge in [0.25, 0.3) is 0 Å². The van der Waals surface area contributed by atoms with Crippen molar-refractivity contribution in [2.24, 2.45) is 5.41 Å². The molecule has 0 atom stereocenters. The first-order chi connectivity index (χ1) is 11.7. The number of Topliss-reactive ketones (excluding diaryl/α,β-unsaturated/α-hetero) is 1. The Balaban J connectivity index is 2.26. The van der Waals surface area contributed by atoms with Gasteiger partial charge in [0.2, 0.25) is 10.0 Å². The highest BCUT2D eigenvalue weighted by molar-refractivity contribution is 7.92. The van der Waals surface area contributed by atoms with Gasteiger partial charge in [0.05, 0.1) is 19.4 Å². The summed E-state index contributed by atoms with van der Waals surface area (Å²) < 4.78 is 31.9. The molecule has 2 rings (SSSR count). The molecule has 6 heteroatoms. The monoisotopic (exact) mass is 361 g/mol. The predicted molar refractivity (Wildman–Crippen MR) is 98.0 cm³/mol. The SMILES string of the molecule is CC(C)(C)C(=O)CN(Cc1ccco1)S(=O)(=O)/C=C/c1ccccc1. The van der Waals surface area contributed by atoms with Crippen LogP contribution in [0.4, 0.5) is 0 Å². The van der Waals surface area contributed by atoms with Crippen LogP contribution in [0.5, 0.6) is 0 Å². The Morgan fingerprint density at radius 3 is 2.36 bits per heavy atom. The van der Waals surface area contributed by atoms with Gasteiger partial charge in [0, 0.05) is 10.8 Å². The fraction of sp³-hybridized carbons (Fsp3) is 0.316. The number of hydrogen-bond acceptors (Lipinski definition) is 4. The van der Waals surface area contributed by atoms with Gasteiger partial charge >= 0.3 is 0 Å². The van der Waals surface area contributed by atoms with Crippen molar-refractivity contribution in [1.82, 2.24) is 4.31 Å². The lowest BCUT2D eigenvalue weighted by molar-refractivity contribution is -0.126. The van der Waals surface area contributed by atoms with Crippen LogP contribution in [0.25, 0.3) is 6.08 Å². The third-order valence-electron chi connectivity index (χ3n) is 3.66. The summed E-state index contributed by atoms with van der Waals surface area (Å²) >= 11 is 0. The van der Waals surface area contributed by atoms with Crippen molar-refractivity contribution in [3.05, 3.63) is 65.5 Å². The van der Waals surface area contributed by atoms with E-state index in [0.717, 1.165) is 15.3 Å². The number of carbonyl (C=O) groups is 1. The van der Waals surface area contributed by atoms with Crippen LogP contribution in [0, 0.1) is 5.41 Å². The molecule has 1 aromatic carbocycles. The second-order valence-electron chi connectivity index (χ2n) is 6.78. The van der Waals surface area contributed by atoms with Crippen LogP contribution in [-0.4, -0.2) is 25.1 Å². The first-order valence-corrected chi connectivity index (χ1v) is 9.48. The highest BCUT2D eigenvalue weighted by atomic mass is 32.2. The van der Waals surface area contributed by atoms with Gasteiger partial charge in [-0.25, -0.2) is 8.42 Å². The molecule has 1 aromatic heterocycles. The summed E-state index contributed by atoms with van der Waals surface area (Å²) in [6, 6.07) is 12.5. The molecule has 0 saturated carbocycles. The zero-order valence-electron chi connectivity index (χ0n) is 14.7. The Morgan fingerprint density at radius 1 is 1.12 bits per heavy atom. The summed E-state index contributed by atoms with van der Waals surface area (Å²) in [6.45, 7) is 5.12. The average Bonchev–Trinajstić information content (AvgIpc) is 3.05. The van der Waals surface area contributed by atoms with E-state index in [0.29, 0.717) is 5.76 Å². The van der Waals surface area contributed by atoms with Gasteiger partial charge in [-0.1, -0.05) is 51.1 Å². The summed E-state index contributed by atoms with van der Waals surface area (Å²) in [5.41, 5.74) is 0.145. The van der Waals surface area contributed by atoms with E-state index in [-0.39, 0.29) is 18.9 Å². The molecule has 0 saturated heterocycles. The summed E-state index contributed by atoms with van der Waals surface area (Å²) in [7, 11) is -3.78. The van der Waals surface area contributed by atoms with Gasteiger partial charge in [-0.3, -0.25) is 4.79 Å². The summed E-state index contributed by atoms with van der Waals surface area (Å²) in [5.74, 6) is 0.328. The molecular weight excluding hydrogens is 338 g/mol. The Hall–Kier alpha value is -2.18. The molecule has 0 aliphatic carbocycles. The molecular formula is C19H23NO4S. The van der Waals surface area contributed by atoms with Crippen molar-refractivity contribution in [1.29, 1.82) is 0 Å². The van der Waals surface area contributed by atoms with E-state index >= 15 is 0 Å². The van der Waals surface area contributed by atoms with Gasteiger partial charge in [0.15, 0.2) is 5.78 Å². The van der Waals surface area contributed by atoms with E-state index in [1.807, 2.05) is 30.3 Å². The van der Waals surface area contributed by atoms with Crippen LogP contribution < -0.4 is 0 Å². The number of benzene rings is 1. The van der Waals surface area contributed by atoms with E-state index in [1.54, 1.807) is 32.9 Å². The lowest BCUT2D eigenvalue weighted by atomic mass is 9.91. The van der Waals surface area contributed by atoms with E-state index in [4.69, 9.17) is 4.42 Å². The van der Waals surface area contributed by atoms with Gasteiger partial charge in [-0.15, -0.1) is 0 Å². The molecule has 0 bridgehead atoms. The molecule has 0 aliphatic heterocycles. The molecule has 0 aliphatic rings. The van der Waals surface area contributed by atoms with Crippen molar-refractivity contribution in [3.63, 3.8) is 0 Å². The number of nitrogens with zero attached hydrogens (tertiary/aromatic N) is 1. The molecule has 0 spiro atoms. The van der Waals surface area contributed by atoms with Crippen molar-refractivity contribution in [2.75, 3.05) is 6.54 Å². The molecule has 0 unspecified atom stereocenters. The second-order valence-corrected chi connectivity index (χ2v) is 8.60. The van der Waals surface area contributed by atoms with Crippen LogP contribution >= 0.6 is 0 Å². The average molecular weight is 361 g/mol. The third kappa shape index (κ3) is 5.69. The maximum absolute atomic E-state index is 12.7. The van der Waals surface area contributed by atoms with Crippen LogP contribution in [0.3, 0.4) is 0 Å². The van der Waals surface area contributed by atoms with Crippen molar-refractivity contribution in [3.8, 4) is 0 Å². The van der Waals surface area contributed by atoms with E-state index in [2.05, 4.69) is 0 Å². The van der Waals surface area contributed by atoms with Crippen molar-refractivity contribution < 1.29 is 17.6 Å². The number of carbonyl (C=O) groups excluding carboxylic acids is 1. The zero-order valence-corrected chi connectivity index (χ0v) is 15.5. The Labute approximate surface area is 149 Å². The van der Waals surface area contributed by atoms with Crippen LogP contribution in [-0.2, 0) is 21.4 Å². The maximum Gasteiger partial charge on any atom is 0.237 e. The fourth-order valence-corrected chi connectivity index (χ4v) is 3.13. The molecule has 2 aromatic rings. The predicted octanol–water partition coefficient (Wildman–Crippen LogP) is 3.70. The molecule has 1 heterocycles. The minimum atomic E-state index is -3.78. The number of hydrogen-bond donors (Lipinski definition) is 0. The van der Waals surface area contributed by atoms with E-state index in [1.165, 1.54) is 12.3 Å². The van der Waals surface area contributed by atoms with Gasteiger partial charge < -0.3 is 4.42 Å². The largest absolute Gasteiger partial charge is 0.468 e. The molecule has 0 amide bonds. The number of furan rings is 1. The first kappa shape index (κ1) is 19.1. The summed E-state index contributed by atoms with van der Waals surface area (Å²) in [4.78, 5) is 12.4. The Morgan fingerprint density at radius 2 is 1.80 bits per heavy atom. The molecule has 0 N–H and O–H groups in total. The standard InChI is InChI=1S/C19H23NO4S/c1-19(2,3)18(21)15-20(14-17-10-7-12-24-17)25(22,23)13-11-16-8-5-4-6-9-16/h4-13H,14-15H2,1-3H3/b13-11+. The first-order valence-electron chi connectivity index (χ1n) is 7.97. The molecule has 0 radical (unpaired) electrons. The van der Waals surface area contributed by atoms with Crippen molar-refractivity contribution >= 4 is 21.9 Å². The van der Waals surface area contributed by atoms with Crippen LogP contribution in [0.15, 0.2) is 58.6 Å². The van der Waals surface area contributed by atoms with Gasteiger partial charge in [-0.05, 0) is 23.8 Å². The number of sulfonamides is 1. The normalized spacial score (nSPS) is 12.8. The number of ketones is 1. The quantitative estimate of drug-likeness (QED) is 0.754. The number of rotatable bonds is 7.